The summed E-state index contributed by atoms with van der Waals surface area (Å²) in [6.45, 7) is 3.08. The molecule has 0 amide bonds. The monoisotopic (exact) mass is 183 g/mol. The summed E-state index contributed by atoms with van der Waals surface area (Å²) in [6, 6.07) is 6.36. The summed E-state index contributed by atoms with van der Waals surface area (Å²) >= 11 is 0. The molecule has 1 heterocycles. The molecule has 69 valence electrons. The molecule has 0 aliphatic carbocycles. The van der Waals surface area contributed by atoms with E-state index in [4.69, 9.17) is 4.74 Å². The summed E-state index contributed by atoms with van der Waals surface area (Å²) in [5.41, 5.74) is 0.528. The fourth-order valence-electron chi connectivity index (χ4n) is 1.48. The first-order valence-electron chi connectivity index (χ1n) is 4.03. The molecule has 13 heavy (non-hydrogen) atoms. The summed E-state index contributed by atoms with van der Waals surface area (Å²) in [4.78, 5) is 0. The van der Waals surface area contributed by atoms with E-state index in [0.717, 1.165) is 0 Å². The van der Waals surface area contributed by atoms with Gasteiger partial charge in [0.05, 0.1) is 6.10 Å². The van der Waals surface area contributed by atoms with E-state index >= 15 is 0 Å². The first kappa shape index (κ1) is 8.63. The van der Waals surface area contributed by atoms with Crippen LogP contribution in [0.15, 0.2) is 24.3 Å². The van der Waals surface area contributed by atoms with Gasteiger partial charge in [0.15, 0.2) is 0 Å². The van der Waals surface area contributed by atoms with Crippen molar-refractivity contribution in [2.75, 3.05) is 6.61 Å². The van der Waals surface area contributed by atoms with Crippen molar-refractivity contribution in [1.82, 2.24) is 0 Å². The van der Waals surface area contributed by atoms with Crippen molar-refractivity contribution in [2.24, 2.45) is 0 Å². The normalized spacial score (nSPS) is 25.3. The maximum Gasteiger partial charge on any atom is 0.296 e. The van der Waals surface area contributed by atoms with E-state index in [2.05, 4.69) is 6.92 Å². The van der Waals surface area contributed by atoms with Gasteiger partial charge in [0.25, 0.3) is 5.92 Å². The zero-order valence-electron chi connectivity index (χ0n) is 6.97. The smallest absolute Gasteiger partial charge is 0.296 e. The molecule has 1 atom stereocenters. The van der Waals surface area contributed by atoms with Gasteiger partial charge in [-0.1, -0.05) is 24.3 Å². The van der Waals surface area contributed by atoms with Crippen molar-refractivity contribution >= 4 is 0 Å². The fraction of sp³-hybridized carbons (Fsp3) is 0.300. The minimum Gasteiger partial charge on any atom is -0.367 e. The number of fused-ring (bicyclic) bond motifs is 1. The summed E-state index contributed by atoms with van der Waals surface area (Å²) in [5, 5.41) is 0. The highest BCUT2D eigenvalue weighted by molar-refractivity contribution is 5.35. The van der Waals surface area contributed by atoms with Gasteiger partial charge in [-0.15, -0.1) is 0 Å². The van der Waals surface area contributed by atoms with Gasteiger partial charge in [-0.2, -0.15) is 8.78 Å². The standard InChI is InChI=1S/C10H9F2O/c1-7-8-4-2-3-5-9(8)10(11,12)6-13-7/h2-5,7H,1,6H2. The minimum atomic E-state index is -2.87. The van der Waals surface area contributed by atoms with Crippen LogP contribution >= 0.6 is 0 Å². The highest BCUT2D eigenvalue weighted by atomic mass is 19.3. The van der Waals surface area contributed by atoms with Crippen LogP contribution in [0.4, 0.5) is 8.78 Å². The summed E-state index contributed by atoms with van der Waals surface area (Å²) in [6.07, 6.45) is -0.476. The van der Waals surface area contributed by atoms with Crippen LogP contribution in [0.25, 0.3) is 0 Å². The molecule has 0 fully saturated rings. The van der Waals surface area contributed by atoms with E-state index in [0.29, 0.717) is 5.56 Å². The SMILES string of the molecule is [CH2]C1OCC(F)(F)c2ccccc21. The molecule has 0 aromatic heterocycles. The van der Waals surface area contributed by atoms with Crippen molar-refractivity contribution in [3.63, 3.8) is 0 Å². The lowest BCUT2D eigenvalue weighted by molar-refractivity contribution is -0.114. The second kappa shape index (κ2) is 2.77. The van der Waals surface area contributed by atoms with Crippen LogP contribution in [0.5, 0.6) is 0 Å². The van der Waals surface area contributed by atoms with Crippen molar-refractivity contribution < 1.29 is 13.5 Å². The van der Waals surface area contributed by atoms with E-state index in [1.165, 1.54) is 6.07 Å². The average Bonchev–Trinajstić information content (AvgIpc) is 2.13. The second-order valence-corrected chi connectivity index (χ2v) is 3.09. The lowest BCUT2D eigenvalue weighted by atomic mass is 9.96. The van der Waals surface area contributed by atoms with Crippen LogP contribution < -0.4 is 0 Å². The molecule has 3 heteroatoms. The van der Waals surface area contributed by atoms with E-state index in [1.54, 1.807) is 18.2 Å². The van der Waals surface area contributed by atoms with Gasteiger partial charge in [-0.25, -0.2) is 0 Å². The molecule has 1 aromatic carbocycles. The Morgan fingerprint density at radius 1 is 1.38 bits per heavy atom. The number of hydrogen-bond donors (Lipinski definition) is 0. The second-order valence-electron chi connectivity index (χ2n) is 3.09. The van der Waals surface area contributed by atoms with Crippen LogP contribution in [-0.2, 0) is 10.7 Å². The largest absolute Gasteiger partial charge is 0.367 e. The molecule has 1 radical (unpaired) electrons. The highest BCUT2D eigenvalue weighted by Crippen LogP contribution is 2.39. The van der Waals surface area contributed by atoms with Gasteiger partial charge >= 0.3 is 0 Å². The first-order chi connectivity index (χ1) is 6.11. The molecular formula is C10H9F2O. The number of alkyl halides is 2. The molecule has 1 aliphatic rings. The lowest BCUT2D eigenvalue weighted by Gasteiger charge is -2.29. The molecule has 0 saturated carbocycles. The topological polar surface area (TPSA) is 9.23 Å². The Morgan fingerprint density at radius 3 is 2.77 bits per heavy atom. The molecule has 2 rings (SSSR count). The third-order valence-electron chi connectivity index (χ3n) is 2.17. The van der Waals surface area contributed by atoms with Gasteiger partial charge in [0.2, 0.25) is 0 Å². The van der Waals surface area contributed by atoms with E-state index in [-0.39, 0.29) is 5.56 Å². The number of benzene rings is 1. The molecule has 0 bridgehead atoms. The van der Waals surface area contributed by atoms with Gasteiger partial charge < -0.3 is 4.74 Å². The third-order valence-corrected chi connectivity index (χ3v) is 2.17. The summed E-state index contributed by atoms with van der Waals surface area (Å²) < 4.78 is 31.3. The molecule has 1 aliphatic heterocycles. The molecular weight excluding hydrogens is 174 g/mol. The zero-order valence-corrected chi connectivity index (χ0v) is 6.97. The number of rotatable bonds is 0. The van der Waals surface area contributed by atoms with E-state index in [1.807, 2.05) is 0 Å². The van der Waals surface area contributed by atoms with Crippen LogP contribution in [0.3, 0.4) is 0 Å². The maximum absolute atomic E-state index is 13.2. The molecule has 1 nitrogen and oxygen atoms in total. The number of halogens is 2. The average molecular weight is 183 g/mol. The number of hydrogen-bond acceptors (Lipinski definition) is 1. The van der Waals surface area contributed by atoms with Gasteiger partial charge in [0.1, 0.15) is 6.61 Å². The van der Waals surface area contributed by atoms with Crippen LogP contribution in [0.1, 0.15) is 17.2 Å². The third kappa shape index (κ3) is 1.33. The van der Waals surface area contributed by atoms with Crippen molar-refractivity contribution in [1.29, 1.82) is 0 Å². The van der Waals surface area contributed by atoms with Crippen LogP contribution in [0, 0.1) is 6.92 Å². The minimum absolute atomic E-state index is 0.0428. The Bertz CT molecular complexity index is 322. The predicted molar refractivity (Wildman–Crippen MR) is 44.4 cm³/mol. The zero-order chi connectivity index (χ0) is 9.47. The molecule has 0 N–H and O–H groups in total. The molecule has 0 saturated heterocycles. The van der Waals surface area contributed by atoms with E-state index < -0.39 is 18.6 Å². The Hall–Kier alpha value is -0.960. The molecule has 1 aromatic rings. The highest BCUT2D eigenvalue weighted by Gasteiger charge is 2.39. The summed E-state index contributed by atoms with van der Waals surface area (Å²) in [5.74, 6) is -2.87. The fourth-order valence-corrected chi connectivity index (χ4v) is 1.48. The predicted octanol–water partition coefficient (Wildman–Crippen LogP) is 2.68. The quantitative estimate of drug-likeness (QED) is 0.600. The lowest BCUT2D eigenvalue weighted by Crippen LogP contribution is -2.29. The van der Waals surface area contributed by atoms with Gasteiger partial charge in [0, 0.05) is 5.56 Å². The molecule has 0 spiro atoms. The first-order valence-corrected chi connectivity index (χ1v) is 4.03. The van der Waals surface area contributed by atoms with Crippen LogP contribution in [-0.4, -0.2) is 6.61 Å². The van der Waals surface area contributed by atoms with Crippen LogP contribution in [0.2, 0.25) is 0 Å². The Balaban J connectivity index is 2.55. The van der Waals surface area contributed by atoms with Crippen molar-refractivity contribution in [3.8, 4) is 0 Å². The molecule has 1 unspecified atom stereocenters. The van der Waals surface area contributed by atoms with Gasteiger partial charge in [-0.05, 0) is 12.5 Å². The Kier molecular flexibility index (Phi) is 1.84. The van der Waals surface area contributed by atoms with Crippen molar-refractivity contribution in [2.45, 2.75) is 12.0 Å². The number of ether oxygens (including phenoxy) is 1. The van der Waals surface area contributed by atoms with E-state index in [9.17, 15) is 8.78 Å². The van der Waals surface area contributed by atoms with Crippen molar-refractivity contribution in [3.05, 3.63) is 42.3 Å². The maximum atomic E-state index is 13.2. The van der Waals surface area contributed by atoms with Gasteiger partial charge in [-0.3, -0.25) is 0 Å². The summed E-state index contributed by atoms with van der Waals surface area (Å²) in [7, 11) is 0. The Labute approximate surface area is 75.3 Å². The Morgan fingerprint density at radius 2 is 2.08 bits per heavy atom.